The summed E-state index contributed by atoms with van der Waals surface area (Å²) in [4.78, 5) is 19.7. The first kappa shape index (κ1) is 18.3. The molecular weight excluding hydrogens is 349 g/mol. The average Bonchev–Trinajstić information content (AvgIpc) is 2.49. The van der Waals surface area contributed by atoms with Gasteiger partial charge < -0.3 is 9.84 Å². The van der Waals surface area contributed by atoms with Crippen LogP contribution in [0.3, 0.4) is 0 Å². The van der Waals surface area contributed by atoms with Crippen LogP contribution in [0.2, 0.25) is 5.15 Å². The van der Waals surface area contributed by atoms with Gasteiger partial charge in [0.05, 0.1) is 11.2 Å². The molecule has 2 aromatic rings. The third-order valence-corrected chi connectivity index (χ3v) is 3.50. The van der Waals surface area contributed by atoms with Gasteiger partial charge >= 0.3 is 12.1 Å². The molecule has 0 aliphatic carbocycles. The maximum absolute atomic E-state index is 12.3. The summed E-state index contributed by atoms with van der Waals surface area (Å²) in [7, 11) is 0. The molecule has 5 nitrogen and oxygen atoms in total. The van der Waals surface area contributed by atoms with Gasteiger partial charge in [-0.3, -0.25) is 0 Å². The minimum absolute atomic E-state index is 0.0337. The van der Waals surface area contributed by atoms with Crippen LogP contribution >= 0.6 is 11.6 Å². The molecule has 130 valence electrons. The Labute approximate surface area is 140 Å². The first-order chi connectivity index (χ1) is 11.2. The second kappa shape index (κ2) is 7.21. The number of carboxylic acids is 1. The van der Waals surface area contributed by atoms with Gasteiger partial charge in [0, 0.05) is 0 Å². The molecule has 2 rings (SSSR count). The SMILES string of the molecule is CCCCc1nc2ccc(OCC(F)(F)F)c(C(=O)O)c2nc1Cl. The van der Waals surface area contributed by atoms with Gasteiger partial charge in [0.25, 0.3) is 0 Å². The monoisotopic (exact) mass is 362 g/mol. The van der Waals surface area contributed by atoms with E-state index in [0.29, 0.717) is 12.1 Å². The molecule has 0 unspecified atom stereocenters. The van der Waals surface area contributed by atoms with E-state index >= 15 is 0 Å². The maximum atomic E-state index is 12.3. The number of carboxylic acid groups (broad SMARTS) is 1. The Morgan fingerprint density at radius 1 is 1.33 bits per heavy atom. The second-order valence-electron chi connectivity index (χ2n) is 5.08. The molecule has 0 fully saturated rings. The predicted octanol–water partition coefficient (Wildman–Crippen LogP) is 4.27. The summed E-state index contributed by atoms with van der Waals surface area (Å²) >= 11 is 6.03. The lowest BCUT2D eigenvalue weighted by molar-refractivity contribution is -0.153. The summed E-state index contributed by atoms with van der Waals surface area (Å²) in [6.07, 6.45) is -2.26. The van der Waals surface area contributed by atoms with Crippen molar-refractivity contribution >= 4 is 28.6 Å². The van der Waals surface area contributed by atoms with Gasteiger partial charge in [-0.25, -0.2) is 14.8 Å². The lowest BCUT2D eigenvalue weighted by Gasteiger charge is -2.13. The third kappa shape index (κ3) is 4.25. The van der Waals surface area contributed by atoms with Gasteiger partial charge in [-0.2, -0.15) is 13.2 Å². The molecule has 0 radical (unpaired) electrons. The molecule has 0 saturated carbocycles. The molecule has 1 heterocycles. The summed E-state index contributed by atoms with van der Waals surface area (Å²) in [6, 6.07) is 2.51. The van der Waals surface area contributed by atoms with Crippen molar-refractivity contribution in [2.24, 2.45) is 0 Å². The van der Waals surface area contributed by atoms with E-state index in [9.17, 15) is 23.1 Å². The first-order valence-electron chi connectivity index (χ1n) is 7.15. The molecule has 0 atom stereocenters. The van der Waals surface area contributed by atoms with Crippen molar-refractivity contribution in [2.45, 2.75) is 32.4 Å². The number of halogens is 4. The molecule has 0 aliphatic heterocycles. The number of rotatable bonds is 6. The molecule has 0 amide bonds. The number of alkyl halides is 3. The van der Waals surface area contributed by atoms with Crippen molar-refractivity contribution < 1.29 is 27.8 Å². The first-order valence-corrected chi connectivity index (χ1v) is 7.52. The fraction of sp³-hybridized carbons (Fsp3) is 0.400. The number of nitrogens with zero attached hydrogens (tertiary/aromatic N) is 2. The highest BCUT2D eigenvalue weighted by Gasteiger charge is 2.30. The number of carbonyl (C=O) groups is 1. The number of ether oxygens (including phenoxy) is 1. The molecule has 1 aromatic carbocycles. The van der Waals surface area contributed by atoms with E-state index in [1.54, 1.807) is 0 Å². The fourth-order valence-electron chi connectivity index (χ4n) is 2.11. The lowest BCUT2D eigenvalue weighted by Crippen LogP contribution is -2.20. The van der Waals surface area contributed by atoms with Crippen LogP contribution in [-0.2, 0) is 6.42 Å². The van der Waals surface area contributed by atoms with E-state index in [4.69, 9.17) is 11.6 Å². The molecule has 1 aromatic heterocycles. The van der Waals surface area contributed by atoms with Crippen molar-refractivity contribution in [3.8, 4) is 5.75 Å². The Hall–Kier alpha value is -2.09. The van der Waals surface area contributed by atoms with Crippen molar-refractivity contribution in [3.05, 3.63) is 28.5 Å². The van der Waals surface area contributed by atoms with E-state index in [0.717, 1.165) is 18.9 Å². The number of hydrogen-bond acceptors (Lipinski definition) is 4. The number of fused-ring (bicyclic) bond motifs is 1. The predicted molar refractivity (Wildman–Crippen MR) is 81.7 cm³/mol. The van der Waals surface area contributed by atoms with E-state index in [2.05, 4.69) is 14.7 Å². The standard InChI is InChI=1S/C15H14ClF3N2O3/c1-2-3-4-9-13(16)21-12-8(20-9)5-6-10(11(12)14(22)23)24-7-15(17,18)19/h5-6H,2-4,7H2,1H3,(H,22,23). The molecule has 24 heavy (non-hydrogen) atoms. The van der Waals surface area contributed by atoms with Crippen LogP contribution in [0.5, 0.6) is 5.75 Å². The normalized spacial score (nSPS) is 11.7. The van der Waals surface area contributed by atoms with E-state index < -0.39 is 30.1 Å². The number of benzene rings is 1. The summed E-state index contributed by atoms with van der Waals surface area (Å²) in [5.74, 6) is -1.90. The molecular formula is C15H14ClF3N2O3. The number of unbranched alkanes of at least 4 members (excludes halogenated alkanes) is 1. The van der Waals surface area contributed by atoms with Crippen molar-refractivity contribution in [3.63, 3.8) is 0 Å². The molecule has 0 saturated heterocycles. The molecule has 0 bridgehead atoms. The Morgan fingerprint density at radius 2 is 2.04 bits per heavy atom. The van der Waals surface area contributed by atoms with Crippen LogP contribution < -0.4 is 4.74 Å². The molecule has 1 N–H and O–H groups in total. The van der Waals surface area contributed by atoms with Gasteiger partial charge in [0.1, 0.15) is 16.8 Å². The average molecular weight is 363 g/mol. The Morgan fingerprint density at radius 3 is 2.62 bits per heavy atom. The molecule has 9 heteroatoms. The van der Waals surface area contributed by atoms with Gasteiger partial charge in [0.15, 0.2) is 11.8 Å². The fourth-order valence-corrected chi connectivity index (χ4v) is 2.33. The maximum Gasteiger partial charge on any atom is 0.422 e. The summed E-state index contributed by atoms with van der Waals surface area (Å²) in [5, 5.41) is 9.36. The Kier molecular flexibility index (Phi) is 5.48. The van der Waals surface area contributed by atoms with Crippen molar-refractivity contribution in [1.29, 1.82) is 0 Å². The van der Waals surface area contributed by atoms with Crippen molar-refractivity contribution in [1.82, 2.24) is 9.97 Å². The zero-order valence-electron chi connectivity index (χ0n) is 12.7. The van der Waals surface area contributed by atoms with Crippen LogP contribution in [0.25, 0.3) is 11.0 Å². The van der Waals surface area contributed by atoms with Crippen LogP contribution in [0, 0.1) is 0 Å². The number of aryl methyl sites for hydroxylation is 1. The zero-order chi connectivity index (χ0) is 17.9. The minimum atomic E-state index is -4.59. The Balaban J connectivity index is 2.51. The second-order valence-corrected chi connectivity index (χ2v) is 5.44. The zero-order valence-corrected chi connectivity index (χ0v) is 13.4. The number of aromatic nitrogens is 2. The summed E-state index contributed by atoms with van der Waals surface area (Å²) < 4.78 is 41.5. The van der Waals surface area contributed by atoms with Crippen LogP contribution in [0.1, 0.15) is 35.8 Å². The van der Waals surface area contributed by atoms with Crippen LogP contribution in [-0.4, -0.2) is 33.8 Å². The molecule has 0 spiro atoms. The smallest absolute Gasteiger partial charge is 0.422 e. The van der Waals surface area contributed by atoms with E-state index in [1.165, 1.54) is 6.07 Å². The van der Waals surface area contributed by atoms with Crippen LogP contribution in [0.4, 0.5) is 13.2 Å². The summed E-state index contributed by atoms with van der Waals surface area (Å²) in [6.45, 7) is 0.393. The highest BCUT2D eigenvalue weighted by Crippen LogP contribution is 2.29. The minimum Gasteiger partial charge on any atom is -0.483 e. The third-order valence-electron chi connectivity index (χ3n) is 3.19. The van der Waals surface area contributed by atoms with Gasteiger partial charge in [-0.05, 0) is 25.0 Å². The van der Waals surface area contributed by atoms with Gasteiger partial charge in [-0.15, -0.1) is 0 Å². The van der Waals surface area contributed by atoms with E-state index in [1.807, 2.05) is 6.92 Å². The topological polar surface area (TPSA) is 72.3 Å². The van der Waals surface area contributed by atoms with Gasteiger partial charge in [0.2, 0.25) is 0 Å². The lowest BCUT2D eigenvalue weighted by atomic mass is 10.1. The van der Waals surface area contributed by atoms with E-state index in [-0.39, 0.29) is 16.2 Å². The number of hydrogen-bond donors (Lipinski definition) is 1. The van der Waals surface area contributed by atoms with Crippen LogP contribution in [0.15, 0.2) is 12.1 Å². The summed E-state index contributed by atoms with van der Waals surface area (Å²) in [5.41, 5.74) is 0.161. The highest BCUT2D eigenvalue weighted by atomic mass is 35.5. The van der Waals surface area contributed by atoms with Gasteiger partial charge in [-0.1, -0.05) is 24.9 Å². The van der Waals surface area contributed by atoms with Crippen molar-refractivity contribution in [2.75, 3.05) is 6.61 Å². The highest BCUT2D eigenvalue weighted by molar-refractivity contribution is 6.30. The molecule has 0 aliphatic rings. The number of aromatic carboxylic acids is 1. The quantitative estimate of drug-likeness (QED) is 0.831. The Bertz CT molecular complexity index is 766. The largest absolute Gasteiger partial charge is 0.483 e.